The van der Waals surface area contributed by atoms with Crippen molar-refractivity contribution in [3.05, 3.63) is 70.6 Å². The van der Waals surface area contributed by atoms with Crippen LogP contribution in [0.4, 0.5) is 11.6 Å². The van der Waals surface area contributed by atoms with E-state index in [0.717, 1.165) is 11.1 Å². The summed E-state index contributed by atoms with van der Waals surface area (Å²) < 4.78 is 1.42. The van der Waals surface area contributed by atoms with Gasteiger partial charge in [0.15, 0.2) is 0 Å². The Bertz CT molecular complexity index is 889. The van der Waals surface area contributed by atoms with Crippen LogP contribution in [0.25, 0.3) is 11.4 Å². The molecule has 0 saturated carbocycles. The second kappa shape index (κ2) is 6.02. The van der Waals surface area contributed by atoms with Gasteiger partial charge >= 0.3 is 5.69 Å². The minimum absolute atomic E-state index is 0.164. The number of hydrogen-bond donors (Lipinski definition) is 1. The Balaban J connectivity index is 2.15. The van der Waals surface area contributed by atoms with Crippen molar-refractivity contribution in [2.75, 3.05) is 5.01 Å². The molecule has 6 nitrogen and oxygen atoms in total. The summed E-state index contributed by atoms with van der Waals surface area (Å²) in [5.41, 5.74) is 2.20. The van der Waals surface area contributed by atoms with Crippen molar-refractivity contribution in [3.8, 4) is 11.4 Å². The normalized spacial score (nSPS) is 10.6. The predicted molar refractivity (Wildman–Crippen MR) is 90.2 cm³/mol. The standard InChI is InChI=1S/C17H17N5O/c1-12-8-6-7-11-14(12)15-19-16(20-17(23)21(15)2)22(18)13-9-4-3-5-10-13/h3-11H,18H2,1-2H3. The number of hydrazine groups is 1. The Hall–Kier alpha value is -2.99. The van der Waals surface area contributed by atoms with Crippen molar-refractivity contribution < 1.29 is 0 Å². The summed E-state index contributed by atoms with van der Waals surface area (Å²) in [4.78, 5) is 20.7. The number of benzene rings is 2. The van der Waals surface area contributed by atoms with Gasteiger partial charge in [-0.25, -0.2) is 15.6 Å². The minimum Gasteiger partial charge on any atom is -0.279 e. The lowest BCUT2D eigenvalue weighted by Crippen LogP contribution is -2.32. The third-order valence-corrected chi connectivity index (χ3v) is 3.64. The lowest BCUT2D eigenvalue weighted by atomic mass is 10.1. The van der Waals surface area contributed by atoms with Gasteiger partial charge in [-0.3, -0.25) is 4.57 Å². The summed E-state index contributed by atoms with van der Waals surface area (Å²) in [6.07, 6.45) is 0. The van der Waals surface area contributed by atoms with Crippen LogP contribution in [0.5, 0.6) is 0 Å². The van der Waals surface area contributed by atoms with Crippen molar-refractivity contribution in [1.82, 2.24) is 14.5 Å². The Morgan fingerprint density at radius 1 is 1.00 bits per heavy atom. The highest BCUT2D eigenvalue weighted by atomic mass is 16.1. The average molecular weight is 307 g/mol. The van der Waals surface area contributed by atoms with E-state index in [1.54, 1.807) is 7.05 Å². The zero-order valence-electron chi connectivity index (χ0n) is 13.0. The monoisotopic (exact) mass is 307 g/mol. The van der Waals surface area contributed by atoms with E-state index in [1.165, 1.54) is 9.58 Å². The van der Waals surface area contributed by atoms with Crippen LogP contribution in [0.15, 0.2) is 59.4 Å². The summed E-state index contributed by atoms with van der Waals surface area (Å²) in [7, 11) is 1.65. The first-order valence-electron chi connectivity index (χ1n) is 7.19. The second-order valence-electron chi connectivity index (χ2n) is 5.21. The predicted octanol–water partition coefficient (Wildman–Crippen LogP) is 2.16. The molecule has 0 aliphatic carbocycles. The summed E-state index contributed by atoms with van der Waals surface area (Å²) in [5.74, 6) is 6.78. The SMILES string of the molecule is Cc1ccccc1-c1nc(N(N)c2ccccc2)nc(=O)n1C. The smallest absolute Gasteiger partial charge is 0.279 e. The maximum absolute atomic E-state index is 12.2. The fourth-order valence-corrected chi connectivity index (χ4v) is 2.32. The van der Waals surface area contributed by atoms with Gasteiger partial charge in [0.25, 0.3) is 5.95 Å². The molecule has 3 rings (SSSR count). The molecule has 0 aliphatic rings. The van der Waals surface area contributed by atoms with Gasteiger partial charge in [0.1, 0.15) is 5.82 Å². The van der Waals surface area contributed by atoms with E-state index in [-0.39, 0.29) is 5.95 Å². The van der Waals surface area contributed by atoms with Crippen molar-refractivity contribution in [2.24, 2.45) is 12.9 Å². The van der Waals surface area contributed by atoms with Crippen LogP contribution in [-0.2, 0) is 7.05 Å². The molecule has 0 bridgehead atoms. The van der Waals surface area contributed by atoms with Gasteiger partial charge in [-0.1, -0.05) is 42.5 Å². The van der Waals surface area contributed by atoms with E-state index >= 15 is 0 Å². The van der Waals surface area contributed by atoms with Crippen LogP contribution in [0.2, 0.25) is 0 Å². The molecule has 0 radical (unpaired) electrons. The van der Waals surface area contributed by atoms with Crippen LogP contribution in [-0.4, -0.2) is 14.5 Å². The Labute approximate surface area is 133 Å². The quantitative estimate of drug-likeness (QED) is 0.592. The molecule has 0 atom stereocenters. The highest BCUT2D eigenvalue weighted by molar-refractivity contribution is 5.63. The molecule has 0 fully saturated rings. The molecule has 3 aromatic rings. The van der Waals surface area contributed by atoms with Gasteiger partial charge in [-0.05, 0) is 24.6 Å². The van der Waals surface area contributed by atoms with Crippen molar-refractivity contribution in [3.63, 3.8) is 0 Å². The summed E-state index contributed by atoms with van der Waals surface area (Å²) >= 11 is 0. The minimum atomic E-state index is -0.403. The number of aryl methyl sites for hydroxylation is 1. The Kier molecular flexibility index (Phi) is 3.91. The molecule has 0 amide bonds. The molecule has 23 heavy (non-hydrogen) atoms. The number of nitrogens with zero attached hydrogens (tertiary/aromatic N) is 4. The molecular weight excluding hydrogens is 290 g/mol. The van der Waals surface area contributed by atoms with Crippen molar-refractivity contribution >= 4 is 11.6 Å². The molecule has 0 unspecified atom stereocenters. The molecule has 2 N–H and O–H groups in total. The first-order chi connectivity index (χ1) is 11.1. The first kappa shape index (κ1) is 14.9. The largest absolute Gasteiger partial charge is 0.352 e. The first-order valence-corrected chi connectivity index (χ1v) is 7.19. The Morgan fingerprint density at radius 3 is 2.35 bits per heavy atom. The highest BCUT2D eigenvalue weighted by Crippen LogP contribution is 2.22. The number of para-hydroxylation sites is 1. The van der Waals surface area contributed by atoms with Crippen LogP contribution >= 0.6 is 0 Å². The van der Waals surface area contributed by atoms with E-state index in [1.807, 2.05) is 61.5 Å². The van der Waals surface area contributed by atoms with Crippen LogP contribution in [0.1, 0.15) is 5.56 Å². The Morgan fingerprint density at radius 2 is 1.65 bits per heavy atom. The lowest BCUT2D eigenvalue weighted by Gasteiger charge is -2.18. The van der Waals surface area contributed by atoms with Crippen LogP contribution in [0, 0.1) is 6.92 Å². The number of anilines is 2. The van der Waals surface area contributed by atoms with Crippen molar-refractivity contribution in [1.29, 1.82) is 0 Å². The lowest BCUT2D eigenvalue weighted by molar-refractivity contribution is 0.771. The highest BCUT2D eigenvalue weighted by Gasteiger charge is 2.15. The van der Waals surface area contributed by atoms with Crippen LogP contribution in [0.3, 0.4) is 0 Å². The summed E-state index contributed by atoms with van der Waals surface area (Å²) in [5, 5.41) is 1.31. The van der Waals surface area contributed by atoms with Gasteiger partial charge in [0, 0.05) is 12.6 Å². The number of nitrogens with two attached hydrogens (primary N) is 1. The third kappa shape index (κ3) is 2.84. The maximum atomic E-state index is 12.2. The fourth-order valence-electron chi connectivity index (χ4n) is 2.32. The van der Waals surface area contributed by atoms with Gasteiger partial charge in [0.05, 0.1) is 5.69 Å². The second-order valence-corrected chi connectivity index (χ2v) is 5.21. The van der Waals surface area contributed by atoms with Gasteiger partial charge in [-0.2, -0.15) is 9.97 Å². The topological polar surface area (TPSA) is 77.0 Å². The molecule has 1 heterocycles. The molecule has 0 aliphatic heterocycles. The zero-order chi connectivity index (χ0) is 16.4. The van der Waals surface area contributed by atoms with Crippen LogP contribution < -0.4 is 16.5 Å². The van der Waals surface area contributed by atoms with E-state index in [2.05, 4.69) is 9.97 Å². The third-order valence-electron chi connectivity index (χ3n) is 3.64. The summed E-state index contributed by atoms with van der Waals surface area (Å²) in [6, 6.07) is 17.0. The summed E-state index contributed by atoms with van der Waals surface area (Å²) in [6.45, 7) is 1.97. The molecule has 116 valence electrons. The molecule has 6 heteroatoms. The van der Waals surface area contributed by atoms with Gasteiger partial charge in [0.2, 0.25) is 0 Å². The van der Waals surface area contributed by atoms with Crippen molar-refractivity contribution in [2.45, 2.75) is 6.92 Å². The molecular formula is C17H17N5O. The van der Waals surface area contributed by atoms with Gasteiger partial charge < -0.3 is 0 Å². The van der Waals surface area contributed by atoms with E-state index < -0.39 is 5.69 Å². The van der Waals surface area contributed by atoms with E-state index in [4.69, 9.17) is 5.84 Å². The molecule has 1 aromatic heterocycles. The fraction of sp³-hybridized carbons (Fsp3) is 0.118. The zero-order valence-corrected chi connectivity index (χ0v) is 13.0. The molecule has 0 spiro atoms. The van der Waals surface area contributed by atoms with E-state index in [9.17, 15) is 4.79 Å². The molecule has 2 aromatic carbocycles. The van der Waals surface area contributed by atoms with E-state index in [0.29, 0.717) is 11.5 Å². The van der Waals surface area contributed by atoms with Gasteiger partial charge in [-0.15, -0.1) is 0 Å². The maximum Gasteiger partial charge on any atom is 0.352 e. The number of hydrogen-bond acceptors (Lipinski definition) is 5. The number of rotatable bonds is 3. The molecule has 0 saturated heterocycles. The average Bonchev–Trinajstić information content (AvgIpc) is 2.58. The number of aromatic nitrogens is 3.